The van der Waals surface area contributed by atoms with Crippen LogP contribution in [0.5, 0.6) is 0 Å². The maximum atomic E-state index is 2.33. The molecule has 1 aromatic rings. The molecule has 0 saturated heterocycles. The van der Waals surface area contributed by atoms with Gasteiger partial charge in [-0.3, -0.25) is 0 Å². The largest absolute Gasteiger partial charge is 0.0656 e. The monoisotopic (exact) mass is 190 g/mol. The molecule has 0 saturated carbocycles. The first-order valence-electron chi connectivity index (χ1n) is 5.87. The van der Waals surface area contributed by atoms with E-state index < -0.39 is 0 Å². The molecular weight excluding hydrogens is 168 g/mol. The van der Waals surface area contributed by atoms with Crippen LogP contribution >= 0.6 is 0 Å². The Morgan fingerprint density at radius 2 is 1.86 bits per heavy atom. The second-order valence-electron chi connectivity index (χ2n) is 4.20. The molecular formula is C14H22. The SMILES string of the molecule is CC1CCCc2ccccc21.CCC. The van der Waals surface area contributed by atoms with Gasteiger partial charge in [0.2, 0.25) is 0 Å². The molecule has 0 nitrogen and oxygen atoms in total. The van der Waals surface area contributed by atoms with Crippen LogP contribution in [0.3, 0.4) is 0 Å². The van der Waals surface area contributed by atoms with E-state index in [4.69, 9.17) is 0 Å². The lowest BCUT2D eigenvalue weighted by atomic mass is 9.84. The van der Waals surface area contributed by atoms with E-state index in [1.165, 1.54) is 25.7 Å². The predicted octanol–water partition coefficient (Wildman–Crippen LogP) is 4.54. The van der Waals surface area contributed by atoms with E-state index in [0.29, 0.717) is 0 Å². The topological polar surface area (TPSA) is 0 Å². The highest BCUT2D eigenvalue weighted by atomic mass is 14.2. The van der Waals surface area contributed by atoms with Crippen molar-refractivity contribution in [2.24, 2.45) is 0 Å². The average Bonchev–Trinajstić information content (AvgIpc) is 2.20. The maximum Gasteiger partial charge on any atom is -0.0188 e. The lowest BCUT2D eigenvalue weighted by Crippen LogP contribution is -2.05. The zero-order chi connectivity index (χ0) is 10.4. The van der Waals surface area contributed by atoms with E-state index in [2.05, 4.69) is 45.0 Å². The standard InChI is InChI=1S/C11H14.C3H8/c1-9-5-4-7-10-6-2-3-8-11(9)10;1-3-2/h2-3,6,8-9H,4-5,7H2,1H3;3H2,1-2H3. The molecule has 1 atom stereocenters. The Balaban J connectivity index is 0.000000293. The number of hydrogen-bond donors (Lipinski definition) is 0. The van der Waals surface area contributed by atoms with Crippen LogP contribution < -0.4 is 0 Å². The third kappa shape index (κ3) is 2.87. The van der Waals surface area contributed by atoms with Crippen molar-refractivity contribution >= 4 is 0 Å². The van der Waals surface area contributed by atoms with Gasteiger partial charge in [0.05, 0.1) is 0 Å². The molecule has 0 aromatic heterocycles. The lowest BCUT2D eigenvalue weighted by molar-refractivity contribution is 0.590. The zero-order valence-electron chi connectivity index (χ0n) is 9.72. The van der Waals surface area contributed by atoms with Crippen molar-refractivity contribution in [2.45, 2.75) is 52.4 Å². The smallest absolute Gasteiger partial charge is 0.0188 e. The molecule has 0 radical (unpaired) electrons. The summed E-state index contributed by atoms with van der Waals surface area (Å²) in [6.45, 7) is 6.58. The van der Waals surface area contributed by atoms with Crippen LogP contribution in [0.15, 0.2) is 24.3 Å². The van der Waals surface area contributed by atoms with E-state index in [1.807, 2.05) is 0 Å². The number of benzene rings is 1. The summed E-state index contributed by atoms with van der Waals surface area (Å²) in [5.41, 5.74) is 3.16. The van der Waals surface area contributed by atoms with Gasteiger partial charge in [0, 0.05) is 0 Å². The summed E-state index contributed by atoms with van der Waals surface area (Å²) in [5, 5.41) is 0. The Hall–Kier alpha value is -0.780. The van der Waals surface area contributed by atoms with Crippen molar-refractivity contribution in [1.29, 1.82) is 0 Å². The van der Waals surface area contributed by atoms with Gasteiger partial charge >= 0.3 is 0 Å². The fourth-order valence-corrected chi connectivity index (χ4v) is 2.00. The van der Waals surface area contributed by atoms with E-state index in [1.54, 1.807) is 11.1 Å². The van der Waals surface area contributed by atoms with Gasteiger partial charge in [-0.15, -0.1) is 0 Å². The molecule has 0 N–H and O–H groups in total. The highest BCUT2D eigenvalue weighted by Crippen LogP contribution is 2.30. The molecule has 14 heavy (non-hydrogen) atoms. The Morgan fingerprint density at radius 3 is 2.50 bits per heavy atom. The van der Waals surface area contributed by atoms with Gasteiger partial charge in [0.15, 0.2) is 0 Å². The maximum absolute atomic E-state index is 2.33. The molecule has 0 heterocycles. The highest BCUT2D eigenvalue weighted by Gasteiger charge is 2.14. The predicted molar refractivity (Wildman–Crippen MR) is 63.8 cm³/mol. The van der Waals surface area contributed by atoms with Crippen molar-refractivity contribution in [3.8, 4) is 0 Å². The van der Waals surface area contributed by atoms with E-state index in [9.17, 15) is 0 Å². The summed E-state index contributed by atoms with van der Waals surface area (Å²) in [7, 11) is 0. The molecule has 0 heteroatoms. The van der Waals surface area contributed by atoms with Crippen molar-refractivity contribution in [3.05, 3.63) is 35.4 Å². The van der Waals surface area contributed by atoms with Gasteiger partial charge in [-0.2, -0.15) is 0 Å². The third-order valence-electron chi connectivity index (χ3n) is 2.67. The summed E-state index contributed by atoms with van der Waals surface area (Å²) >= 11 is 0. The summed E-state index contributed by atoms with van der Waals surface area (Å²) in [6, 6.07) is 8.85. The van der Waals surface area contributed by atoms with Crippen LogP contribution in [0.2, 0.25) is 0 Å². The highest BCUT2D eigenvalue weighted by molar-refractivity contribution is 5.31. The van der Waals surface area contributed by atoms with Crippen molar-refractivity contribution < 1.29 is 0 Å². The van der Waals surface area contributed by atoms with Crippen molar-refractivity contribution in [2.75, 3.05) is 0 Å². The third-order valence-corrected chi connectivity index (χ3v) is 2.67. The summed E-state index contributed by atoms with van der Waals surface area (Å²) in [4.78, 5) is 0. The van der Waals surface area contributed by atoms with E-state index >= 15 is 0 Å². The fourth-order valence-electron chi connectivity index (χ4n) is 2.00. The molecule has 1 unspecified atom stereocenters. The molecule has 1 aliphatic rings. The molecule has 0 spiro atoms. The minimum atomic E-state index is 0.792. The molecule has 0 amide bonds. The first-order chi connectivity index (χ1) is 6.79. The molecule has 1 aliphatic carbocycles. The van der Waals surface area contributed by atoms with Crippen LogP contribution in [0, 0.1) is 0 Å². The molecule has 0 bridgehead atoms. The van der Waals surface area contributed by atoms with Gasteiger partial charge in [-0.25, -0.2) is 0 Å². The van der Waals surface area contributed by atoms with Gasteiger partial charge < -0.3 is 0 Å². The first kappa shape index (κ1) is 11.3. The zero-order valence-corrected chi connectivity index (χ0v) is 9.72. The average molecular weight is 190 g/mol. The minimum Gasteiger partial charge on any atom is -0.0656 e. The Kier molecular flexibility index (Phi) is 4.72. The molecule has 1 aromatic carbocycles. The van der Waals surface area contributed by atoms with E-state index in [-0.39, 0.29) is 0 Å². The van der Waals surface area contributed by atoms with Gasteiger partial charge in [0.1, 0.15) is 0 Å². The Labute approximate surface area is 88.4 Å². The van der Waals surface area contributed by atoms with Crippen LogP contribution in [-0.2, 0) is 6.42 Å². The second-order valence-corrected chi connectivity index (χ2v) is 4.20. The van der Waals surface area contributed by atoms with Gasteiger partial charge in [0.25, 0.3) is 0 Å². The second kappa shape index (κ2) is 5.85. The number of aryl methyl sites for hydroxylation is 1. The fraction of sp³-hybridized carbons (Fsp3) is 0.571. The molecule has 78 valence electrons. The van der Waals surface area contributed by atoms with Crippen LogP contribution in [0.4, 0.5) is 0 Å². The van der Waals surface area contributed by atoms with Gasteiger partial charge in [-0.1, -0.05) is 51.5 Å². The Bertz CT molecular complexity index is 262. The minimum absolute atomic E-state index is 0.792. The van der Waals surface area contributed by atoms with Crippen molar-refractivity contribution in [1.82, 2.24) is 0 Å². The molecule has 0 aliphatic heterocycles. The summed E-state index contributed by atoms with van der Waals surface area (Å²) in [6.07, 6.45) is 5.29. The number of fused-ring (bicyclic) bond motifs is 1. The lowest BCUT2D eigenvalue weighted by Gasteiger charge is -2.21. The van der Waals surface area contributed by atoms with E-state index in [0.717, 1.165) is 5.92 Å². The van der Waals surface area contributed by atoms with Crippen LogP contribution in [-0.4, -0.2) is 0 Å². The number of rotatable bonds is 0. The quantitative estimate of drug-likeness (QED) is 0.563. The van der Waals surface area contributed by atoms with Gasteiger partial charge in [-0.05, 0) is 36.3 Å². The molecule has 0 fully saturated rings. The summed E-state index contributed by atoms with van der Waals surface area (Å²) in [5.74, 6) is 0.792. The Morgan fingerprint density at radius 1 is 1.21 bits per heavy atom. The number of hydrogen-bond acceptors (Lipinski definition) is 0. The molecule has 2 rings (SSSR count). The van der Waals surface area contributed by atoms with Crippen molar-refractivity contribution in [3.63, 3.8) is 0 Å². The first-order valence-corrected chi connectivity index (χ1v) is 5.87. The van der Waals surface area contributed by atoms with Crippen LogP contribution in [0.25, 0.3) is 0 Å². The summed E-state index contributed by atoms with van der Waals surface area (Å²) < 4.78 is 0. The normalized spacial score (nSPS) is 19.2. The van der Waals surface area contributed by atoms with Crippen LogP contribution in [0.1, 0.15) is 57.1 Å².